The van der Waals surface area contributed by atoms with E-state index in [1.165, 1.54) is 12.1 Å². The molecule has 3 nitrogen and oxygen atoms in total. The molecule has 1 heterocycles. The third kappa shape index (κ3) is 2.56. The van der Waals surface area contributed by atoms with Gasteiger partial charge in [0.2, 0.25) is 0 Å². The Bertz CT molecular complexity index is 501. The Labute approximate surface area is 104 Å². The van der Waals surface area contributed by atoms with Crippen LogP contribution in [0.1, 0.15) is 12.0 Å². The maximum Gasteiger partial charge on any atom is 0.126 e. The van der Waals surface area contributed by atoms with Crippen LogP contribution < -0.4 is 11.1 Å². The lowest BCUT2D eigenvalue weighted by atomic mass is 9.95. The molecule has 18 heavy (non-hydrogen) atoms. The van der Waals surface area contributed by atoms with E-state index in [-0.39, 0.29) is 0 Å². The maximum absolute atomic E-state index is 13.2. The second kappa shape index (κ2) is 5.27. The highest BCUT2D eigenvalue weighted by molar-refractivity contribution is 6.13. The predicted molar refractivity (Wildman–Crippen MR) is 67.5 cm³/mol. The molecule has 1 aromatic carbocycles. The fourth-order valence-corrected chi connectivity index (χ4v) is 2.10. The van der Waals surface area contributed by atoms with Crippen molar-refractivity contribution in [1.29, 1.82) is 0 Å². The Morgan fingerprint density at radius 1 is 1.28 bits per heavy atom. The number of benzene rings is 1. The second-order valence-corrected chi connectivity index (χ2v) is 4.16. The van der Waals surface area contributed by atoms with Crippen molar-refractivity contribution < 1.29 is 8.78 Å². The molecule has 3 N–H and O–H groups in total. The van der Waals surface area contributed by atoms with Gasteiger partial charge in [-0.25, -0.2) is 8.78 Å². The number of hydrogen-bond donors (Lipinski definition) is 2. The Hall–Kier alpha value is -1.75. The highest BCUT2D eigenvalue weighted by atomic mass is 19.1. The lowest BCUT2D eigenvalue weighted by Crippen LogP contribution is -2.31. The van der Waals surface area contributed by atoms with Gasteiger partial charge in [0.05, 0.1) is 5.71 Å². The standard InChI is InChI=1S/C13H15F2N3/c1-17-13(11-2-3-18-7-12(11)16)8-4-9(14)6-10(15)5-8/h4-6,18H,2-3,7,16H2,1H3. The molecule has 0 bridgehead atoms. The molecule has 5 heteroatoms. The third-order valence-corrected chi connectivity index (χ3v) is 2.90. The van der Waals surface area contributed by atoms with Crippen LogP contribution in [0.3, 0.4) is 0 Å². The molecule has 1 aliphatic heterocycles. The molecule has 96 valence electrons. The van der Waals surface area contributed by atoms with E-state index in [9.17, 15) is 8.78 Å². The summed E-state index contributed by atoms with van der Waals surface area (Å²) >= 11 is 0. The Morgan fingerprint density at radius 3 is 2.50 bits per heavy atom. The summed E-state index contributed by atoms with van der Waals surface area (Å²) in [5, 5.41) is 3.13. The first-order valence-corrected chi connectivity index (χ1v) is 5.73. The Kier molecular flexibility index (Phi) is 3.72. The highest BCUT2D eigenvalue weighted by Gasteiger charge is 2.17. The molecule has 0 aromatic heterocycles. The van der Waals surface area contributed by atoms with Crippen LogP contribution in [0.15, 0.2) is 34.5 Å². The molecule has 2 rings (SSSR count). The van der Waals surface area contributed by atoms with E-state index in [0.717, 1.165) is 18.2 Å². The van der Waals surface area contributed by atoms with E-state index in [1.54, 1.807) is 7.05 Å². The minimum Gasteiger partial charge on any atom is -0.401 e. The monoisotopic (exact) mass is 251 g/mol. The molecule has 0 atom stereocenters. The number of aliphatic imine (C=N–C) groups is 1. The van der Waals surface area contributed by atoms with E-state index >= 15 is 0 Å². The molecule has 0 unspecified atom stereocenters. The molecule has 1 aromatic rings. The second-order valence-electron chi connectivity index (χ2n) is 4.16. The van der Waals surface area contributed by atoms with Crippen LogP contribution in [-0.4, -0.2) is 25.8 Å². The summed E-state index contributed by atoms with van der Waals surface area (Å²) in [5.74, 6) is -1.22. The van der Waals surface area contributed by atoms with Crippen molar-refractivity contribution in [1.82, 2.24) is 5.32 Å². The van der Waals surface area contributed by atoms with E-state index in [2.05, 4.69) is 10.3 Å². The van der Waals surface area contributed by atoms with Gasteiger partial charge in [0.25, 0.3) is 0 Å². The van der Waals surface area contributed by atoms with Crippen molar-refractivity contribution >= 4 is 5.71 Å². The van der Waals surface area contributed by atoms with Crippen molar-refractivity contribution in [3.63, 3.8) is 0 Å². The number of nitrogens with zero attached hydrogens (tertiary/aromatic N) is 1. The van der Waals surface area contributed by atoms with Gasteiger partial charge in [0.1, 0.15) is 11.6 Å². The number of halogens is 2. The SMILES string of the molecule is CN=C(C1=C(N)CNCC1)c1cc(F)cc(F)c1. The zero-order valence-electron chi connectivity index (χ0n) is 10.1. The first-order chi connectivity index (χ1) is 8.61. The average molecular weight is 251 g/mol. The van der Waals surface area contributed by atoms with Gasteiger partial charge in [-0.05, 0) is 30.7 Å². The number of nitrogens with two attached hydrogens (primary N) is 1. The van der Waals surface area contributed by atoms with Gasteiger partial charge >= 0.3 is 0 Å². The number of nitrogens with one attached hydrogen (secondary N) is 1. The topological polar surface area (TPSA) is 50.4 Å². The predicted octanol–water partition coefficient (Wildman–Crippen LogP) is 1.59. The van der Waals surface area contributed by atoms with E-state index in [1.807, 2.05) is 0 Å². The molecule has 0 saturated carbocycles. The minimum absolute atomic E-state index is 0.426. The van der Waals surface area contributed by atoms with Crippen molar-refractivity contribution in [2.45, 2.75) is 6.42 Å². The summed E-state index contributed by atoms with van der Waals surface area (Å²) in [6, 6.07) is 3.39. The van der Waals surface area contributed by atoms with Gasteiger partial charge in [0.15, 0.2) is 0 Å². The van der Waals surface area contributed by atoms with Crippen LogP contribution in [-0.2, 0) is 0 Å². The van der Waals surface area contributed by atoms with Crippen molar-refractivity contribution in [2.75, 3.05) is 20.1 Å². The zero-order valence-corrected chi connectivity index (χ0v) is 10.1. The first kappa shape index (κ1) is 12.7. The van der Waals surface area contributed by atoms with Crippen LogP contribution >= 0.6 is 0 Å². The molecule has 0 aliphatic carbocycles. The fraction of sp³-hybridized carbons (Fsp3) is 0.308. The van der Waals surface area contributed by atoms with Gasteiger partial charge in [-0.1, -0.05) is 0 Å². The van der Waals surface area contributed by atoms with Crippen LogP contribution in [0.25, 0.3) is 0 Å². The quantitative estimate of drug-likeness (QED) is 0.784. The van der Waals surface area contributed by atoms with Gasteiger partial charge in [-0.3, -0.25) is 4.99 Å². The molecule has 0 saturated heterocycles. The van der Waals surface area contributed by atoms with Gasteiger partial charge < -0.3 is 11.1 Å². The summed E-state index contributed by atoms with van der Waals surface area (Å²) in [7, 11) is 1.60. The minimum atomic E-state index is -0.612. The fourth-order valence-electron chi connectivity index (χ4n) is 2.10. The molecule has 0 fully saturated rings. The van der Waals surface area contributed by atoms with Crippen molar-refractivity contribution in [3.05, 3.63) is 46.7 Å². The van der Waals surface area contributed by atoms with Crippen LogP contribution in [0, 0.1) is 11.6 Å². The van der Waals surface area contributed by atoms with E-state index in [4.69, 9.17) is 5.73 Å². The van der Waals surface area contributed by atoms with Crippen LogP contribution in [0.2, 0.25) is 0 Å². The molecule has 0 spiro atoms. The molecule has 0 amide bonds. The summed E-state index contributed by atoms with van der Waals surface area (Å²) in [4.78, 5) is 4.13. The third-order valence-electron chi connectivity index (χ3n) is 2.90. The normalized spacial score (nSPS) is 17.2. The molecular formula is C13H15F2N3. The number of rotatable bonds is 2. The zero-order chi connectivity index (χ0) is 13.1. The highest BCUT2D eigenvalue weighted by Crippen LogP contribution is 2.18. The summed E-state index contributed by atoms with van der Waals surface area (Å²) in [6.45, 7) is 1.36. The first-order valence-electron chi connectivity index (χ1n) is 5.73. The lowest BCUT2D eigenvalue weighted by Gasteiger charge is -2.20. The smallest absolute Gasteiger partial charge is 0.126 e. The molecule has 0 radical (unpaired) electrons. The lowest BCUT2D eigenvalue weighted by molar-refractivity contribution is 0.582. The summed E-state index contributed by atoms with van der Waals surface area (Å²) < 4.78 is 26.5. The average Bonchev–Trinajstić information content (AvgIpc) is 2.31. The van der Waals surface area contributed by atoms with E-state index < -0.39 is 11.6 Å². The van der Waals surface area contributed by atoms with Gasteiger partial charge in [-0.2, -0.15) is 0 Å². The Balaban J connectivity index is 2.46. The van der Waals surface area contributed by atoms with Crippen LogP contribution in [0.5, 0.6) is 0 Å². The summed E-state index contributed by atoms with van der Waals surface area (Å²) in [5.41, 5.74) is 8.44. The maximum atomic E-state index is 13.2. The van der Waals surface area contributed by atoms with E-state index in [0.29, 0.717) is 29.9 Å². The van der Waals surface area contributed by atoms with Gasteiger partial charge in [-0.15, -0.1) is 0 Å². The molecule has 1 aliphatic rings. The summed E-state index contributed by atoms with van der Waals surface area (Å²) in [6.07, 6.45) is 0.705. The number of hydrogen-bond acceptors (Lipinski definition) is 3. The molecular weight excluding hydrogens is 236 g/mol. The largest absolute Gasteiger partial charge is 0.401 e. The van der Waals surface area contributed by atoms with Crippen molar-refractivity contribution in [3.8, 4) is 0 Å². The van der Waals surface area contributed by atoms with Crippen molar-refractivity contribution in [2.24, 2.45) is 10.7 Å². The van der Waals surface area contributed by atoms with Crippen LogP contribution in [0.4, 0.5) is 8.78 Å². The van der Waals surface area contributed by atoms with Gasteiger partial charge in [0, 0.05) is 30.9 Å². The Morgan fingerprint density at radius 2 is 1.94 bits per heavy atom.